The number of thiophene rings is 1. The molecule has 0 aromatic carbocycles. The van der Waals surface area contributed by atoms with Crippen molar-refractivity contribution in [3.05, 3.63) is 28.8 Å². The highest BCUT2D eigenvalue weighted by Gasteiger charge is 2.20. The van der Waals surface area contributed by atoms with Crippen LogP contribution in [0.1, 0.15) is 9.67 Å². The van der Waals surface area contributed by atoms with E-state index in [4.69, 9.17) is 5.11 Å². The van der Waals surface area contributed by atoms with Gasteiger partial charge in [0.05, 0.1) is 18.2 Å². The Morgan fingerprint density at radius 2 is 2.29 bits per heavy atom. The predicted molar refractivity (Wildman–Crippen MR) is 60.7 cm³/mol. The van der Waals surface area contributed by atoms with E-state index in [-0.39, 0.29) is 15.6 Å². The van der Waals surface area contributed by atoms with Crippen LogP contribution in [0.15, 0.2) is 29.0 Å². The van der Waals surface area contributed by atoms with Crippen molar-refractivity contribution >= 4 is 33.0 Å². The van der Waals surface area contributed by atoms with Crippen LogP contribution < -0.4 is 4.72 Å². The minimum absolute atomic E-state index is 0.0390. The van der Waals surface area contributed by atoms with Gasteiger partial charge in [0.2, 0.25) is 0 Å². The first-order valence-corrected chi connectivity index (χ1v) is 6.69. The van der Waals surface area contributed by atoms with Gasteiger partial charge in [-0.2, -0.15) is 8.42 Å². The zero-order chi connectivity index (χ0) is 12.5. The monoisotopic (exact) mass is 273 g/mol. The van der Waals surface area contributed by atoms with Gasteiger partial charge in [0.25, 0.3) is 10.0 Å². The Morgan fingerprint density at radius 3 is 2.88 bits per heavy atom. The van der Waals surface area contributed by atoms with Crippen LogP contribution in [-0.2, 0) is 10.0 Å². The van der Waals surface area contributed by atoms with Gasteiger partial charge >= 0.3 is 5.97 Å². The minimum atomic E-state index is -3.82. The highest BCUT2D eigenvalue weighted by Crippen LogP contribution is 2.24. The molecular weight excluding hydrogens is 266 g/mol. The number of carboxylic acid groups (broad SMARTS) is 1. The van der Waals surface area contributed by atoms with Gasteiger partial charge in [-0.3, -0.25) is 4.72 Å². The predicted octanol–water partition coefficient (Wildman–Crippen LogP) is 0.970. The van der Waals surface area contributed by atoms with Crippen molar-refractivity contribution in [2.45, 2.75) is 5.03 Å². The van der Waals surface area contributed by atoms with Crippen molar-refractivity contribution in [1.29, 1.82) is 0 Å². The number of carbonyl (C=O) groups is 1. The van der Waals surface area contributed by atoms with E-state index in [1.165, 1.54) is 17.8 Å². The quantitative estimate of drug-likeness (QED) is 0.768. The summed E-state index contributed by atoms with van der Waals surface area (Å²) in [6.07, 6.45) is 2.36. The normalized spacial score (nSPS) is 11.3. The van der Waals surface area contributed by atoms with Crippen molar-refractivity contribution in [2.75, 3.05) is 4.72 Å². The van der Waals surface area contributed by atoms with Crippen molar-refractivity contribution < 1.29 is 18.3 Å². The molecule has 0 saturated carbocycles. The van der Waals surface area contributed by atoms with Crippen molar-refractivity contribution in [1.82, 2.24) is 9.97 Å². The molecule has 0 unspecified atom stereocenters. The summed E-state index contributed by atoms with van der Waals surface area (Å²) in [6.45, 7) is 0. The number of carboxylic acids is 1. The van der Waals surface area contributed by atoms with Crippen LogP contribution in [0.4, 0.5) is 5.69 Å². The molecule has 0 bridgehead atoms. The average molecular weight is 273 g/mol. The topological polar surface area (TPSA) is 112 Å². The number of nitrogens with zero attached hydrogens (tertiary/aromatic N) is 1. The number of anilines is 1. The summed E-state index contributed by atoms with van der Waals surface area (Å²) in [5.41, 5.74) is 0.0390. The summed E-state index contributed by atoms with van der Waals surface area (Å²) in [7, 11) is -3.82. The fourth-order valence-corrected chi connectivity index (χ4v) is 2.87. The highest BCUT2D eigenvalue weighted by molar-refractivity contribution is 7.92. The lowest BCUT2D eigenvalue weighted by molar-refractivity contribution is 0.0703. The Labute approximate surface area is 100 Å². The summed E-state index contributed by atoms with van der Waals surface area (Å²) in [4.78, 5) is 16.8. The van der Waals surface area contributed by atoms with E-state index in [9.17, 15) is 13.2 Å². The van der Waals surface area contributed by atoms with Gasteiger partial charge in [-0.15, -0.1) is 11.3 Å². The third-order valence-corrected chi connectivity index (χ3v) is 4.06. The van der Waals surface area contributed by atoms with Crippen LogP contribution in [-0.4, -0.2) is 29.5 Å². The first-order valence-electron chi connectivity index (χ1n) is 4.32. The lowest BCUT2D eigenvalue weighted by Crippen LogP contribution is -2.14. The molecule has 0 saturated heterocycles. The lowest BCUT2D eigenvalue weighted by atomic mass is 10.4. The van der Waals surface area contributed by atoms with Crippen LogP contribution in [0.2, 0.25) is 0 Å². The zero-order valence-electron chi connectivity index (χ0n) is 8.25. The van der Waals surface area contributed by atoms with Gasteiger partial charge < -0.3 is 10.1 Å². The second-order valence-corrected chi connectivity index (χ2v) is 5.56. The molecule has 3 N–H and O–H groups in total. The standard InChI is InChI=1S/C8H7N3O4S2/c12-8(13)7-5(1-2-16-7)11-17(14,15)6-3-9-4-10-6/h1-4,11H,(H,9,10)(H,12,13). The Bertz CT molecular complexity index is 630. The van der Waals surface area contributed by atoms with E-state index < -0.39 is 16.0 Å². The molecule has 0 aliphatic heterocycles. The molecule has 2 rings (SSSR count). The van der Waals surface area contributed by atoms with E-state index in [1.807, 2.05) is 0 Å². The highest BCUT2D eigenvalue weighted by atomic mass is 32.2. The number of aromatic nitrogens is 2. The number of sulfonamides is 1. The molecule has 17 heavy (non-hydrogen) atoms. The SMILES string of the molecule is O=C(O)c1sccc1NS(=O)(=O)c1cnc[nH]1. The average Bonchev–Trinajstić information content (AvgIpc) is 2.85. The van der Waals surface area contributed by atoms with Gasteiger partial charge in [0.1, 0.15) is 4.88 Å². The maximum Gasteiger partial charge on any atom is 0.348 e. The molecular formula is C8H7N3O4S2. The molecule has 2 heterocycles. The molecule has 2 aromatic rings. The van der Waals surface area contributed by atoms with Gasteiger partial charge in [0, 0.05) is 0 Å². The number of aromatic amines is 1. The third kappa shape index (κ3) is 2.29. The third-order valence-electron chi connectivity index (χ3n) is 1.87. The van der Waals surface area contributed by atoms with Crippen LogP contribution in [0.3, 0.4) is 0 Å². The molecule has 7 nitrogen and oxygen atoms in total. The Kier molecular flexibility index (Phi) is 2.86. The molecule has 0 aliphatic carbocycles. The number of nitrogens with one attached hydrogen (secondary N) is 2. The Morgan fingerprint density at radius 1 is 1.53 bits per heavy atom. The summed E-state index contributed by atoms with van der Waals surface area (Å²) in [5.74, 6) is -1.18. The first-order chi connectivity index (χ1) is 8.00. The van der Waals surface area contributed by atoms with Crippen LogP contribution in [0.5, 0.6) is 0 Å². The maximum absolute atomic E-state index is 11.8. The number of imidazole rings is 1. The Balaban J connectivity index is 2.33. The second-order valence-electron chi connectivity index (χ2n) is 2.99. The van der Waals surface area contributed by atoms with Gasteiger partial charge in [0.15, 0.2) is 5.03 Å². The maximum atomic E-state index is 11.8. The molecule has 0 fully saturated rings. The molecule has 90 valence electrons. The first kappa shape index (κ1) is 11.6. The van der Waals surface area contributed by atoms with E-state index in [0.717, 1.165) is 17.5 Å². The lowest BCUT2D eigenvalue weighted by Gasteiger charge is -2.04. The summed E-state index contributed by atoms with van der Waals surface area (Å²) < 4.78 is 25.7. The second kappa shape index (κ2) is 4.18. The van der Waals surface area contributed by atoms with Crippen LogP contribution >= 0.6 is 11.3 Å². The van der Waals surface area contributed by atoms with Gasteiger partial charge in [-0.25, -0.2) is 9.78 Å². The fraction of sp³-hybridized carbons (Fsp3) is 0. The number of aromatic carboxylic acids is 1. The molecule has 0 radical (unpaired) electrons. The zero-order valence-corrected chi connectivity index (χ0v) is 9.88. The molecule has 0 amide bonds. The van der Waals surface area contributed by atoms with Crippen LogP contribution in [0.25, 0.3) is 0 Å². The van der Waals surface area contributed by atoms with Gasteiger partial charge in [-0.1, -0.05) is 0 Å². The molecule has 0 spiro atoms. The largest absolute Gasteiger partial charge is 0.477 e. The smallest absolute Gasteiger partial charge is 0.348 e. The van der Waals surface area contributed by atoms with E-state index in [2.05, 4.69) is 14.7 Å². The summed E-state index contributed by atoms with van der Waals surface area (Å²) in [6, 6.07) is 1.39. The fourth-order valence-electron chi connectivity index (χ4n) is 1.15. The molecule has 0 aliphatic rings. The van der Waals surface area contributed by atoms with Crippen molar-refractivity contribution in [2.24, 2.45) is 0 Å². The number of H-pyrrole nitrogens is 1. The molecule has 9 heteroatoms. The van der Waals surface area contributed by atoms with E-state index >= 15 is 0 Å². The van der Waals surface area contributed by atoms with Crippen molar-refractivity contribution in [3.63, 3.8) is 0 Å². The van der Waals surface area contributed by atoms with Gasteiger partial charge in [-0.05, 0) is 11.4 Å². The molecule has 2 aromatic heterocycles. The summed E-state index contributed by atoms with van der Waals surface area (Å²) >= 11 is 0.943. The van der Waals surface area contributed by atoms with Crippen LogP contribution in [0, 0.1) is 0 Å². The minimum Gasteiger partial charge on any atom is -0.477 e. The van der Waals surface area contributed by atoms with E-state index in [0.29, 0.717) is 0 Å². The van der Waals surface area contributed by atoms with E-state index in [1.54, 1.807) is 0 Å². The number of hydrogen-bond acceptors (Lipinski definition) is 5. The molecule has 0 atom stereocenters. The number of hydrogen-bond donors (Lipinski definition) is 3. The Hall–Kier alpha value is -1.87. The van der Waals surface area contributed by atoms with Crippen molar-refractivity contribution in [3.8, 4) is 0 Å². The summed E-state index contributed by atoms with van der Waals surface area (Å²) in [5, 5.41) is 10.2. The number of rotatable bonds is 4.